The van der Waals surface area contributed by atoms with E-state index in [-0.39, 0.29) is 12.5 Å². The molecular weight excluding hydrogens is 344 g/mol. The van der Waals surface area contributed by atoms with Gasteiger partial charge < -0.3 is 10.3 Å². The summed E-state index contributed by atoms with van der Waals surface area (Å²) in [6.45, 7) is -0.147. The summed E-state index contributed by atoms with van der Waals surface area (Å²) >= 11 is 0. The van der Waals surface area contributed by atoms with Crippen LogP contribution in [0.25, 0.3) is 22.3 Å². The molecule has 0 saturated heterocycles. The fraction of sp³-hybridized carbons (Fsp3) is 0.250. The monoisotopic (exact) mass is 360 g/mol. The van der Waals surface area contributed by atoms with E-state index >= 15 is 0 Å². The number of aryl methyl sites for hydroxylation is 2. The number of aromatic nitrogens is 3. The molecule has 4 N–H and O–H groups in total. The predicted octanol–water partition coefficient (Wildman–Crippen LogP) is 1.27. The molecule has 0 bridgehead atoms. The Hall–Kier alpha value is -2.65. The number of H-pyrrole nitrogens is 2. The molecule has 8 nitrogen and oxygen atoms in total. The van der Waals surface area contributed by atoms with E-state index in [1.54, 1.807) is 12.1 Å². The van der Waals surface area contributed by atoms with E-state index < -0.39 is 15.9 Å². The number of hydrogen-bond donors (Lipinski definition) is 4. The number of carbonyl (C=O) groups is 1. The van der Waals surface area contributed by atoms with Gasteiger partial charge in [-0.15, -0.1) is 0 Å². The van der Waals surface area contributed by atoms with Gasteiger partial charge in [0.25, 0.3) is 16.0 Å². The highest BCUT2D eigenvalue weighted by Crippen LogP contribution is 2.37. The van der Waals surface area contributed by atoms with E-state index in [1.807, 2.05) is 12.3 Å². The number of amides is 1. The maximum atomic E-state index is 12.5. The van der Waals surface area contributed by atoms with Crippen LogP contribution in [0.5, 0.6) is 0 Å². The number of aromatic amines is 2. The van der Waals surface area contributed by atoms with Crippen molar-refractivity contribution in [1.29, 1.82) is 0 Å². The van der Waals surface area contributed by atoms with E-state index in [9.17, 15) is 13.2 Å². The second kappa shape index (κ2) is 5.71. The summed E-state index contributed by atoms with van der Waals surface area (Å²) in [6.07, 6.45) is 3.44. The summed E-state index contributed by atoms with van der Waals surface area (Å²) < 4.78 is 30.4. The molecule has 2 aromatic heterocycles. The highest BCUT2D eigenvalue weighted by Gasteiger charge is 2.25. The van der Waals surface area contributed by atoms with Crippen LogP contribution in [0.1, 0.15) is 21.5 Å². The topological polar surface area (TPSA) is 128 Å². The number of hydrogen-bond acceptors (Lipinski definition) is 4. The molecule has 2 heterocycles. The van der Waals surface area contributed by atoms with Crippen molar-refractivity contribution in [2.24, 2.45) is 0 Å². The lowest BCUT2D eigenvalue weighted by atomic mass is 9.92. The maximum Gasteiger partial charge on any atom is 0.266 e. The van der Waals surface area contributed by atoms with Gasteiger partial charge in [0.2, 0.25) is 0 Å². The minimum absolute atomic E-state index is 0.147. The molecule has 0 aliphatic heterocycles. The van der Waals surface area contributed by atoms with Gasteiger partial charge in [-0.05, 0) is 36.1 Å². The van der Waals surface area contributed by atoms with E-state index in [4.69, 9.17) is 4.55 Å². The number of nitrogens with zero attached hydrogens (tertiary/aromatic N) is 1. The number of nitrogens with one attached hydrogen (secondary N) is 3. The van der Waals surface area contributed by atoms with Crippen molar-refractivity contribution in [3.8, 4) is 11.4 Å². The molecule has 0 spiro atoms. The molecule has 0 fully saturated rings. The minimum Gasteiger partial charge on any atom is -0.353 e. The van der Waals surface area contributed by atoms with Crippen LogP contribution >= 0.6 is 0 Å². The second-order valence-electron chi connectivity index (χ2n) is 6.02. The number of carbonyl (C=O) groups excluding carboxylic acids is 1. The van der Waals surface area contributed by atoms with Gasteiger partial charge >= 0.3 is 0 Å². The van der Waals surface area contributed by atoms with Crippen molar-refractivity contribution in [3.63, 3.8) is 0 Å². The maximum absolute atomic E-state index is 12.5. The molecule has 1 amide bonds. The van der Waals surface area contributed by atoms with Crippen LogP contribution in [-0.2, 0) is 23.0 Å². The van der Waals surface area contributed by atoms with Crippen molar-refractivity contribution in [2.45, 2.75) is 12.8 Å². The Morgan fingerprint density at radius 3 is 2.92 bits per heavy atom. The van der Waals surface area contributed by atoms with Crippen molar-refractivity contribution >= 4 is 26.9 Å². The lowest BCUT2D eigenvalue weighted by molar-refractivity contribution is 0.0957. The Bertz CT molecular complexity index is 1080. The van der Waals surface area contributed by atoms with Crippen LogP contribution in [0.2, 0.25) is 0 Å². The first-order valence-electron chi connectivity index (χ1n) is 7.83. The molecule has 0 radical (unpaired) electrons. The molecule has 0 atom stereocenters. The van der Waals surface area contributed by atoms with Gasteiger partial charge in [0.1, 0.15) is 0 Å². The van der Waals surface area contributed by atoms with Crippen molar-refractivity contribution < 1.29 is 17.8 Å². The molecular formula is C16H16N4O4S. The van der Waals surface area contributed by atoms with Gasteiger partial charge in [0.05, 0.1) is 23.3 Å². The Labute approximate surface area is 143 Å². The fourth-order valence-corrected chi connectivity index (χ4v) is 3.69. The van der Waals surface area contributed by atoms with Crippen LogP contribution in [0, 0.1) is 0 Å². The van der Waals surface area contributed by atoms with E-state index in [0.29, 0.717) is 5.56 Å². The third kappa shape index (κ3) is 2.81. The molecule has 3 aromatic rings. The largest absolute Gasteiger partial charge is 0.353 e. The summed E-state index contributed by atoms with van der Waals surface area (Å²) in [7, 11) is -4.11. The standard InChI is InChI=1S/C16H16N4O4S/c21-16(17-6-7-25(22,23)24)11-2-1-3-12-13(11)10-5-4-9-8-18-20-14(9)15(10)19-12/h1-3,8,19H,4-7H2,(H,17,21)(H,18,20)(H,22,23,24). The molecule has 130 valence electrons. The lowest BCUT2D eigenvalue weighted by Gasteiger charge is -2.12. The number of fused-ring (bicyclic) bond motifs is 5. The van der Waals surface area contributed by atoms with Gasteiger partial charge in [-0.3, -0.25) is 14.4 Å². The molecule has 1 aliphatic rings. The van der Waals surface area contributed by atoms with Gasteiger partial charge in [0, 0.05) is 23.0 Å². The lowest BCUT2D eigenvalue weighted by Crippen LogP contribution is -2.29. The van der Waals surface area contributed by atoms with Crippen molar-refractivity contribution in [1.82, 2.24) is 20.5 Å². The molecule has 0 saturated carbocycles. The van der Waals surface area contributed by atoms with Gasteiger partial charge in [-0.25, -0.2) is 0 Å². The average Bonchev–Trinajstić information content (AvgIpc) is 3.16. The van der Waals surface area contributed by atoms with Crippen LogP contribution in [0.15, 0.2) is 24.4 Å². The van der Waals surface area contributed by atoms with Gasteiger partial charge in [-0.2, -0.15) is 13.5 Å². The quantitative estimate of drug-likeness (QED) is 0.521. The normalized spacial score (nSPS) is 13.5. The van der Waals surface area contributed by atoms with Crippen LogP contribution < -0.4 is 5.32 Å². The first-order chi connectivity index (χ1) is 11.9. The fourth-order valence-electron chi connectivity index (χ4n) is 3.33. The molecule has 0 unspecified atom stereocenters. The highest BCUT2D eigenvalue weighted by molar-refractivity contribution is 7.85. The summed E-state index contributed by atoms with van der Waals surface area (Å²) in [6, 6.07) is 5.39. The molecule has 4 rings (SSSR count). The summed E-state index contributed by atoms with van der Waals surface area (Å²) in [5, 5.41) is 10.5. The van der Waals surface area contributed by atoms with Crippen LogP contribution in [0.4, 0.5) is 0 Å². The van der Waals surface area contributed by atoms with E-state index in [1.165, 1.54) is 0 Å². The van der Waals surface area contributed by atoms with E-state index in [0.717, 1.165) is 46.3 Å². The summed E-state index contributed by atoms with van der Waals surface area (Å²) in [4.78, 5) is 15.8. The van der Waals surface area contributed by atoms with Gasteiger partial charge in [0.15, 0.2) is 0 Å². The second-order valence-corrected chi connectivity index (χ2v) is 7.59. The van der Waals surface area contributed by atoms with Crippen molar-refractivity contribution in [2.75, 3.05) is 12.3 Å². The molecule has 1 aliphatic carbocycles. The smallest absolute Gasteiger partial charge is 0.266 e. The van der Waals surface area contributed by atoms with Crippen molar-refractivity contribution in [3.05, 3.63) is 41.1 Å². The third-order valence-electron chi connectivity index (χ3n) is 4.43. The summed E-state index contributed by atoms with van der Waals surface area (Å²) in [5.74, 6) is -0.885. The van der Waals surface area contributed by atoms with Gasteiger partial charge in [-0.1, -0.05) is 6.07 Å². The Kier molecular flexibility index (Phi) is 3.62. The first-order valence-corrected chi connectivity index (χ1v) is 9.44. The Balaban J connectivity index is 1.73. The SMILES string of the molecule is O=C(NCCS(=O)(=O)O)c1cccc2[nH]c3c(c12)CCc1cn[nH]c1-3. The zero-order valence-corrected chi connectivity index (χ0v) is 14.0. The average molecular weight is 360 g/mol. The Morgan fingerprint density at radius 1 is 1.28 bits per heavy atom. The molecule has 25 heavy (non-hydrogen) atoms. The highest BCUT2D eigenvalue weighted by atomic mass is 32.2. The minimum atomic E-state index is -4.11. The van der Waals surface area contributed by atoms with Crippen LogP contribution in [-0.4, -0.2) is 46.4 Å². The Morgan fingerprint density at radius 2 is 2.12 bits per heavy atom. The molecule has 1 aromatic carbocycles. The number of rotatable bonds is 4. The molecule has 9 heteroatoms. The summed E-state index contributed by atoms with van der Waals surface area (Å²) in [5.41, 5.74) is 5.38. The van der Waals surface area contributed by atoms with Crippen LogP contribution in [0.3, 0.4) is 0 Å². The van der Waals surface area contributed by atoms with E-state index in [2.05, 4.69) is 20.5 Å². The first kappa shape index (κ1) is 15.9. The third-order valence-corrected chi connectivity index (χ3v) is 5.15. The zero-order chi connectivity index (χ0) is 17.6. The zero-order valence-electron chi connectivity index (χ0n) is 13.2. The predicted molar refractivity (Wildman–Crippen MR) is 92.0 cm³/mol. The number of benzene rings is 1.